The summed E-state index contributed by atoms with van der Waals surface area (Å²) in [6.45, 7) is 0. The summed E-state index contributed by atoms with van der Waals surface area (Å²) in [5, 5.41) is 5.40. The maximum Gasteiger partial charge on any atom is 0.213 e. The highest BCUT2D eigenvalue weighted by Crippen LogP contribution is 2.27. The minimum Gasteiger partial charge on any atom is -0.296 e. The van der Waals surface area contributed by atoms with Crippen LogP contribution in [0.4, 0.5) is 4.39 Å². The number of imidazole rings is 1. The van der Waals surface area contributed by atoms with Crippen LogP contribution in [-0.4, -0.2) is 20.9 Å². The standard InChI is InChI=1S/C18H12FN3OS/c19-14-8-6-13(7-9-14)17-15(11-23)22-18(20-17)24-16(21-22)10-12-4-2-1-3-5-12/h1-9,11H,10H2. The molecule has 24 heavy (non-hydrogen) atoms. The molecule has 0 aliphatic rings. The summed E-state index contributed by atoms with van der Waals surface area (Å²) in [5.74, 6) is -0.323. The molecule has 6 heteroatoms. The molecular weight excluding hydrogens is 325 g/mol. The summed E-state index contributed by atoms with van der Waals surface area (Å²) in [4.78, 5) is 16.7. The van der Waals surface area contributed by atoms with Crippen LogP contribution in [0.5, 0.6) is 0 Å². The molecule has 2 aromatic carbocycles. The molecule has 0 unspecified atom stereocenters. The summed E-state index contributed by atoms with van der Waals surface area (Å²) in [5.41, 5.74) is 2.75. The van der Waals surface area contributed by atoms with Gasteiger partial charge in [-0.1, -0.05) is 41.7 Å². The van der Waals surface area contributed by atoms with Gasteiger partial charge in [-0.2, -0.15) is 9.61 Å². The van der Waals surface area contributed by atoms with E-state index in [0.717, 1.165) is 16.9 Å². The minimum absolute atomic E-state index is 0.323. The molecule has 4 rings (SSSR count). The fraction of sp³-hybridized carbons (Fsp3) is 0.0556. The second-order valence-electron chi connectivity index (χ2n) is 5.32. The highest BCUT2D eigenvalue weighted by atomic mass is 32.1. The van der Waals surface area contributed by atoms with Gasteiger partial charge in [-0.15, -0.1) is 0 Å². The van der Waals surface area contributed by atoms with E-state index >= 15 is 0 Å². The first-order chi connectivity index (χ1) is 11.7. The minimum atomic E-state index is -0.323. The van der Waals surface area contributed by atoms with Gasteiger partial charge in [0.25, 0.3) is 0 Å². The van der Waals surface area contributed by atoms with Crippen LogP contribution in [0.2, 0.25) is 0 Å². The Labute approximate surface area is 141 Å². The molecule has 4 aromatic rings. The smallest absolute Gasteiger partial charge is 0.213 e. The molecule has 0 aliphatic heterocycles. The molecule has 0 fully saturated rings. The van der Waals surface area contributed by atoms with Gasteiger partial charge in [0.05, 0.1) is 0 Å². The number of aromatic nitrogens is 3. The Morgan fingerprint density at radius 3 is 2.54 bits per heavy atom. The topological polar surface area (TPSA) is 47.3 Å². The third-order valence-electron chi connectivity index (χ3n) is 3.71. The van der Waals surface area contributed by atoms with Gasteiger partial charge in [-0.3, -0.25) is 4.79 Å². The number of carbonyl (C=O) groups excluding carboxylic acids is 1. The molecule has 4 nitrogen and oxygen atoms in total. The van der Waals surface area contributed by atoms with Crippen molar-refractivity contribution in [1.82, 2.24) is 14.6 Å². The number of benzene rings is 2. The molecule has 2 heterocycles. The number of hydrogen-bond acceptors (Lipinski definition) is 4. The van der Waals surface area contributed by atoms with Crippen molar-refractivity contribution in [1.29, 1.82) is 0 Å². The molecule has 0 amide bonds. The zero-order chi connectivity index (χ0) is 16.5. The lowest BCUT2D eigenvalue weighted by molar-refractivity contribution is 0.111. The fourth-order valence-corrected chi connectivity index (χ4v) is 3.51. The van der Waals surface area contributed by atoms with Crippen molar-refractivity contribution in [2.75, 3.05) is 0 Å². The Kier molecular flexibility index (Phi) is 3.66. The average molecular weight is 337 g/mol. The van der Waals surface area contributed by atoms with Crippen LogP contribution in [0.25, 0.3) is 16.2 Å². The number of aldehydes is 1. The predicted octanol–water partition coefficient (Wildman–Crippen LogP) is 4.00. The van der Waals surface area contributed by atoms with Gasteiger partial charge in [0.15, 0.2) is 6.29 Å². The summed E-state index contributed by atoms with van der Waals surface area (Å²) in [6.07, 6.45) is 1.43. The summed E-state index contributed by atoms with van der Waals surface area (Å²) >= 11 is 1.45. The molecule has 0 aliphatic carbocycles. The van der Waals surface area contributed by atoms with Crippen molar-refractivity contribution in [2.24, 2.45) is 0 Å². The van der Waals surface area contributed by atoms with Gasteiger partial charge in [0, 0.05) is 12.0 Å². The number of carbonyl (C=O) groups is 1. The van der Waals surface area contributed by atoms with Gasteiger partial charge >= 0.3 is 0 Å². The summed E-state index contributed by atoms with van der Waals surface area (Å²) < 4.78 is 14.6. The molecule has 0 atom stereocenters. The molecule has 2 aromatic heterocycles. The lowest BCUT2D eigenvalue weighted by atomic mass is 10.1. The van der Waals surface area contributed by atoms with E-state index in [2.05, 4.69) is 10.1 Å². The Balaban J connectivity index is 1.75. The fourth-order valence-electron chi connectivity index (χ4n) is 2.57. The van der Waals surface area contributed by atoms with E-state index in [1.54, 1.807) is 16.6 Å². The van der Waals surface area contributed by atoms with Crippen molar-refractivity contribution >= 4 is 22.6 Å². The lowest BCUT2D eigenvalue weighted by Crippen LogP contribution is -1.96. The third-order valence-corrected chi connectivity index (χ3v) is 4.62. The van der Waals surface area contributed by atoms with Crippen LogP contribution in [0.1, 0.15) is 21.1 Å². The first kappa shape index (κ1) is 14.7. The lowest BCUT2D eigenvalue weighted by Gasteiger charge is -1.98. The number of halogens is 1. The normalized spacial score (nSPS) is 11.0. The molecular formula is C18H12FN3OS. The van der Waals surface area contributed by atoms with E-state index < -0.39 is 0 Å². The van der Waals surface area contributed by atoms with Crippen molar-refractivity contribution in [3.8, 4) is 11.3 Å². The van der Waals surface area contributed by atoms with Crippen molar-refractivity contribution in [3.63, 3.8) is 0 Å². The van der Waals surface area contributed by atoms with E-state index in [1.807, 2.05) is 30.3 Å². The quantitative estimate of drug-likeness (QED) is 0.529. The molecule has 0 spiro atoms. The Hall–Kier alpha value is -2.86. The first-order valence-corrected chi connectivity index (χ1v) is 8.20. The monoisotopic (exact) mass is 337 g/mol. The maximum absolute atomic E-state index is 13.1. The summed E-state index contributed by atoms with van der Waals surface area (Å²) in [6, 6.07) is 15.9. The number of nitrogens with zero attached hydrogens (tertiary/aromatic N) is 3. The van der Waals surface area contributed by atoms with Crippen LogP contribution in [0.15, 0.2) is 54.6 Å². The molecule has 0 radical (unpaired) electrons. The molecule has 0 N–H and O–H groups in total. The van der Waals surface area contributed by atoms with Crippen molar-refractivity contribution in [3.05, 3.63) is 76.7 Å². The molecule has 0 saturated carbocycles. The van der Waals surface area contributed by atoms with E-state index in [0.29, 0.717) is 28.3 Å². The highest BCUT2D eigenvalue weighted by molar-refractivity contribution is 7.16. The first-order valence-electron chi connectivity index (χ1n) is 7.38. The van der Waals surface area contributed by atoms with Gasteiger partial charge in [-0.25, -0.2) is 9.37 Å². The van der Waals surface area contributed by atoms with Crippen LogP contribution in [0, 0.1) is 5.82 Å². The molecule has 0 saturated heterocycles. The third kappa shape index (κ3) is 2.61. The van der Waals surface area contributed by atoms with Crippen LogP contribution < -0.4 is 0 Å². The molecule has 118 valence electrons. The second kappa shape index (κ2) is 5.98. The Bertz CT molecular complexity index is 1010. The summed E-state index contributed by atoms with van der Waals surface area (Å²) in [7, 11) is 0. The Morgan fingerprint density at radius 2 is 1.83 bits per heavy atom. The van der Waals surface area contributed by atoms with Crippen molar-refractivity contribution in [2.45, 2.75) is 6.42 Å². The number of fused-ring (bicyclic) bond motifs is 1. The molecule has 0 bridgehead atoms. The van der Waals surface area contributed by atoms with Gasteiger partial charge in [0.1, 0.15) is 22.2 Å². The van der Waals surface area contributed by atoms with E-state index in [4.69, 9.17) is 0 Å². The van der Waals surface area contributed by atoms with E-state index in [1.165, 1.54) is 23.5 Å². The number of rotatable bonds is 4. The van der Waals surface area contributed by atoms with Crippen LogP contribution in [-0.2, 0) is 6.42 Å². The predicted molar refractivity (Wildman–Crippen MR) is 90.9 cm³/mol. The average Bonchev–Trinajstić information content (AvgIpc) is 3.13. The number of hydrogen-bond donors (Lipinski definition) is 0. The Morgan fingerprint density at radius 1 is 1.08 bits per heavy atom. The van der Waals surface area contributed by atoms with Gasteiger partial charge in [-0.05, 0) is 29.8 Å². The van der Waals surface area contributed by atoms with Crippen molar-refractivity contribution < 1.29 is 9.18 Å². The van der Waals surface area contributed by atoms with Gasteiger partial charge < -0.3 is 0 Å². The largest absolute Gasteiger partial charge is 0.296 e. The van der Waals surface area contributed by atoms with E-state index in [9.17, 15) is 9.18 Å². The maximum atomic E-state index is 13.1. The zero-order valence-electron chi connectivity index (χ0n) is 12.5. The van der Waals surface area contributed by atoms with E-state index in [-0.39, 0.29) is 5.82 Å². The zero-order valence-corrected chi connectivity index (χ0v) is 13.3. The van der Waals surface area contributed by atoms with Crippen LogP contribution >= 0.6 is 11.3 Å². The SMILES string of the molecule is O=Cc1c(-c2ccc(F)cc2)nc2sc(Cc3ccccc3)nn12. The van der Waals surface area contributed by atoms with Gasteiger partial charge in [0.2, 0.25) is 4.96 Å². The highest BCUT2D eigenvalue weighted by Gasteiger charge is 2.17. The van der Waals surface area contributed by atoms with Crippen LogP contribution in [0.3, 0.4) is 0 Å². The second-order valence-corrected chi connectivity index (χ2v) is 6.36.